The Kier molecular flexibility index (Phi) is 4.46. The molecule has 1 heterocycles. The van der Waals surface area contributed by atoms with Crippen molar-refractivity contribution in [3.8, 4) is 0 Å². The highest BCUT2D eigenvalue weighted by atomic mass is 16.3. The molecule has 1 aromatic heterocycles. The molecule has 0 bridgehead atoms. The maximum atomic E-state index is 5.93. The van der Waals surface area contributed by atoms with Crippen molar-refractivity contribution in [2.24, 2.45) is 5.92 Å². The SMILES string of the molecule is CCNCc1oc(CN(C)C(C)C2CC2)cc1C. The van der Waals surface area contributed by atoms with Crippen molar-refractivity contribution < 1.29 is 4.42 Å². The molecule has 1 atom stereocenters. The molecule has 0 radical (unpaired) electrons. The van der Waals surface area contributed by atoms with Crippen LogP contribution in [0.15, 0.2) is 10.5 Å². The molecule has 1 unspecified atom stereocenters. The first-order valence-electron chi connectivity index (χ1n) is 7.11. The summed E-state index contributed by atoms with van der Waals surface area (Å²) in [6, 6.07) is 2.86. The fourth-order valence-corrected chi connectivity index (χ4v) is 2.41. The first-order chi connectivity index (χ1) is 8.61. The Labute approximate surface area is 111 Å². The van der Waals surface area contributed by atoms with Crippen molar-refractivity contribution in [2.45, 2.75) is 52.7 Å². The molecule has 1 N–H and O–H groups in total. The number of furan rings is 1. The second-order valence-electron chi connectivity index (χ2n) is 5.59. The average Bonchev–Trinajstić information content (AvgIpc) is 3.12. The molecule has 1 aliphatic rings. The van der Waals surface area contributed by atoms with E-state index in [9.17, 15) is 0 Å². The van der Waals surface area contributed by atoms with Crippen LogP contribution in [0, 0.1) is 12.8 Å². The fraction of sp³-hybridized carbons (Fsp3) is 0.733. The topological polar surface area (TPSA) is 28.4 Å². The minimum Gasteiger partial charge on any atom is -0.463 e. The maximum absolute atomic E-state index is 5.93. The number of hydrogen-bond acceptors (Lipinski definition) is 3. The average molecular weight is 250 g/mol. The predicted octanol–water partition coefficient (Wildman–Crippen LogP) is 2.93. The lowest BCUT2D eigenvalue weighted by Gasteiger charge is -2.23. The third-order valence-corrected chi connectivity index (χ3v) is 4.01. The zero-order valence-corrected chi connectivity index (χ0v) is 12.1. The van der Waals surface area contributed by atoms with Crippen molar-refractivity contribution in [2.75, 3.05) is 13.6 Å². The predicted molar refractivity (Wildman–Crippen MR) is 74.5 cm³/mol. The highest BCUT2D eigenvalue weighted by molar-refractivity contribution is 5.20. The number of nitrogens with one attached hydrogen (secondary N) is 1. The van der Waals surface area contributed by atoms with Crippen LogP contribution in [0.5, 0.6) is 0 Å². The minimum atomic E-state index is 0.674. The van der Waals surface area contributed by atoms with Gasteiger partial charge < -0.3 is 9.73 Å². The lowest BCUT2D eigenvalue weighted by molar-refractivity contribution is 0.208. The van der Waals surface area contributed by atoms with Gasteiger partial charge in [-0.2, -0.15) is 0 Å². The first kappa shape index (κ1) is 13.6. The molecule has 3 heteroatoms. The van der Waals surface area contributed by atoms with Crippen LogP contribution in [0.25, 0.3) is 0 Å². The third-order valence-electron chi connectivity index (χ3n) is 4.01. The van der Waals surface area contributed by atoms with E-state index in [0.717, 1.165) is 37.1 Å². The number of rotatable bonds is 7. The summed E-state index contributed by atoms with van der Waals surface area (Å²) >= 11 is 0. The van der Waals surface area contributed by atoms with E-state index in [-0.39, 0.29) is 0 Å². The zero-order chi connectivity index (χ0) is 13.1. The Morgan fingerprint density at radius 3 is 2.83 bits per heavy atom. The monoisotopic (exact) mass is 250 g/mol. The standard InChI is InChI=1S/C15H26N2O/c1-5-16-9-15-11(2)8-14(18-15)10-17(4)12(3)13-6-7-13/h8,12-13,16H,5-7,9-10H2,1-4H3. The van der Waals surface area contributed by atoms with Crippen LogP contribution >= 0.6 is 0 Å². The second kappa shape index (κ2) is 5.89. The van der Waals surface area contributed by atoms with E-state index in [1.54, 1.807) is 0 Å². The summed E-state index contributed by atoms with van der Waals surface area (Å²) in [6.07, 6.45) is 2.79. The molecular weight excluding hydrogens is 224 g/mol. The quantitative estimate of drug-likeness (QED) is 0.806. The molecule has 102 valence electrons. The van der Waals surface area contributed by atoms with Crippen LogP contribution in [0.4, 0.5) is 0 Å². The van der Waals surface area contributed by atoms with Gasteiger partial charge >= 0.3 is 0 Å². The number of aryl methyl sites for hydroxylation is 1. The normalized spacial score (nSPS) is 17.4. The molecule has 2 rings (SSSR count). The van der Waals surface area contributed by atoms with Crippen LogP contribution in [0.2, 0.25) is 0 Å². The lowest BCUT2D eigenvalue weighted by atomic mass is 10.2. The third kappa shape index (κ3) is 3.36. The smallest absolute Gasteiger partial charge is 0.120 e. The molecule has 0 aliphatic heterocycles. The van der Waals surface area contributed by atoms with Gasteiger partial charge in [-0.15, -0.1) is 0 Å². The van der Waals surface area contributed by atoms with Gasteiger partial charge in [-0.1, -0.05) is 6.92 Å². The van der Waals surface area contributed by atoms with Gasteiger partial charge in [0.05, 0.1) is 13.1 Å². The highest BCUT2D eigenvalue weighted by Gasteiger charge is 2.30. The molecule has 0 amide bonds. The van der Waals surface area contributed by atoms with Gasteiger partial charge in [-0.25, -0.2) is 0 Å². The van der Waals surface area contributed by atoms with Crippen LogP contribution < -0.4 is 5.32 Å². The van der Waals surface area contributed by atoms with E-state index >= 15 is 0 Å². The van der Waals surface area contributed by atoms with Gasteiger partial charge in [0.2, 0.25) is 0 Å². The molecule has 18 heavy (non-hydrogen) atoms. The van der Waals surface area contributed by atoms with E-state index in [0.29, 0.717) is 6.04 Å². The Morgan fingerprint density at radius 2 is 2.22 bits per heavy atom. The van der Waals surface area contributed by atoms with Crippen molar-refractivity contribution in [1.29, 1.82) is 0 Å². The summed E-state index contributed by atoms with van der Waals surface area (Å²) < 4.78 is 5.93. The highest BCUT2D eigenvalue weighted by Crippen LogP contribution is 2.35. The summed E-state index contributed by atoms with van der Waals surface area (Å²) in [6.45, 7) is 9.31. The summed E-state index contributed by atoms with van der Waals surface area (Å²) in [5.74, 6) is 3.09. The molecule has 1 aromatic rings. The van der Waals surface area contributed by atoms with E-state index in [1.807, 2.05) is 0 Å². The molecule has 3 nitrogen and oxygen atoms in total. The number of hydrogen-bond donors (Lipinski definition) is 1. The van der Waals surface area contributed by atoms with Gasteiger partial charge in [-0.05, 0) is 57.8 Å². The Hall–Kier alpha value is -0.800. The van der Waals surface area contributed by atoms with Gasteiger partial charge in [0, 0.05) is 6.04 Å². The van der Waals surface area contributed by atoms with Gasteiger partial charge in [0.1, 0.15) is 11.5 Å². The van der Waals surface area contributed by atoms with Crippen molar-refractivity contribution >= 4 is 0 Å². The molecular formula is C15H26N2O. The van der Waals surface area contributed by atoms with Crippen molar-refractivity contribution in [3.63, 3.8) is 0 Å². The second-order valence-corrected chi connectivity index (χ2v) is 5.59. The summed E-state index contributed by atoms with van der Waals surface area (Å²) in [5.41, 5.74) is 1.26. The van der Waals surface area contributed by atoms with Crippen LogP contribution in [-0.4, -0.2) is 24.5 Å². The summed E-state index contributed by atoms with van der Waals surface area (Å²) in [5, 5.41) is 3.32. The van der Waals surface area contributed by atoms with Crippen LogP contribution in [-0.2, 0) is 13.1 Å². The van der Waals surface area contributed by atoms with E-state index < -0.39 is 0 Å². The maximum Gasteiger partial charge on any atom is 0.120 e. The molecule has 0 aromatic carbocycles. The zero-order valence-electron chi connectivity index (χ0n) is 12.1. The van der Waals surface area contributed by atoms with Crippen molar-refractivity contribution in [1.82, 2.24) is 10.2 Å². The van der Waals surface area contributed by atoms with Crippen molar-refractivity contribution in [3.05, 3.63) is 23.2 Å². The molecule has 0 saturated heterocycles. The Bertz CT molecular complexity index is 382. The molecule has 1 fully saturated rings. The largest absolute Gasteiger partial charge is 0.463 e. The Morgan fingerprint density at radius 1 is 1.50 bits per heavy atom. The molecule has 1 saturated carbocycles. The van der Waals surface area contributed by atoms with Gasteiger partial charge in [-0.3, -0.25) is 4.90 Å². The molecule has 0 spiro atoms. The van der Waals surface area contributed by atoms with E-state index in [1.165, 1.54) is 18.4 Å². The van der Waals surface area contributed by atoms with E-state index in [4.69, 9.17) is 4.42 Å². The minimum absolute atomic E-state index is 0.674. The fourth-order valence-electron chi connectivity index (χ4n) is 2.41. The molecule has 1 aliphatic carbocycles. The Balaban J connectivity index is 1.92. The summed E-state index contributed by atoms with van der Waals surface area (Å²) in [4.78, 5) is 2.41. The van der Waals surface area contributed by atoms with Crippen LogP contribution in [0.3, 0.4) is 0 Å². The number of nitrogens with zero attached hydrogens (tertiary/aromatic N) is 1. The lowest BCUT2D eigenvalue weighted by Crippen LogP contribution is -2.30. The van der Waals surface area contributed by atoms with Gasteiger partial charge in [0.25, 0.3) is 0 Å². The first-order valence-corrected chi connectivity index (χ1v) is 7.11. The van der Waals surface area contributed by atoms with Crippen LogP contribution in [0.1, 0.15) is 43.8 Å². The summed E-state index contributed by atoms with van der Waals surface area (Å²) in [7, 11) is 2.20. The van der Waals surface area contributed by atoms with E-state index in [2.05, 4.69) is 44.1 Å². The van der Waals surface area contributed by atoms with Gasteiger partial charge in [0.15, 0.2) is 0 Å².